The highest BCUT2D eigenvalue weighted by Crippen LogP contribution is 2.35. The molecule has 1 aliphatic rings. The van der Waals surface area contributed by atoms with Gasteiger partial charge in [0.2, 0.25) is 5.91 Å². The number of alkyl halides is 1. The maximum Gasteiger partial charge on any atom is 0.235 e. The molecule has 1 saturated heterocycles. The fraction of sp³-hybridized carbons (Fsp3) is 0.529. The minimum Gasteiger partial charge on any atom is -0.343 e. The number of hydrogen-bond donors (Lipinski definition) is 1. The van der Waals surface area contributed by atoms with Crippen molar-refractivity contribution in [1.29, 1.82) is 0 Å². The van der Waals surface area contributed by atoms with Crippen molar-refractivity contribution in [3.8, 4) is 0 Å². The topological polar surface area (TPSA) is 46.2 Å². The van der Waals surface area contributed by atoms with Gasteiger partial charge in [-0.1, -0.05) is 61.0 Å². The van der Waals surface area contributed by atoms with E-state index in [0.29, 0.717) is 4.83 Å². The van der Waals surface area contributed by atoms with E-state index in [9.17, 15) is 9.59 Å². The van der Waals surface area contributed by atoms with Gasteiger partial charge in [-0.25, -0.2) is 0 Å². The summed E-state index contributed by atoms with van der Waals surface area (Å²) in [6.45, 7) is 7.84. The van der Waals surface area contributed by atoms with E-state index < -0.39 is 11.5 Å². The maximum atomic E-state index is 12.7. The zero-order chi connectivity index (χ0) is 15.8. The third kappa shape index (κ3) is 2.78. The Bertz CT molecular complexity index is 552. The number of hydrogen-bond acceptors (Lipinski definition) is 2. The molecule has 1 heterocycles. The van der Waals surface area contributed by atoms with Crippen molar-refractivity contribution >= 4 is 27.6 Å². The van der Waals surface area contributed by atoms with Crippen molar-refractivity contribution in [2.24, 2.45) is 5.92 Å². The summed E-state index contributed by atoms with van der Waals surface area (Å²) in [5.74, 6) is -0.817. The van der Waals surface area contributed by atoms with Gasteiger partial charge in [-0.05, 0) is 30.4 Å². The van der Waals surface area contributed by atoms with Crippen LogP contribution in [0.2, 0.25) is 0 Å². The van der Waals surface area contributed by atoms with E-state index in [4.69, 9.17) is 0 Å². The molecule has 0 aliphatic carbocycles. The van der Waals surface area contributed by atoms with Gasteiger partial charge < -0.3 is 5.32 Å². The average Bonchev–Trinajstić information content (AvgIpc) is 2.69. The lowest BCUT2D eigenvalue weighted by Gasteiger charge is -2.26. The summed E-state index contributed by atoms with van der Waals surface area (Å²) in [6.07, 6.45) is 0.994. The third-order valence-corrected chi connectivity index (χ3v) is 5.74. The zero-order valence-electron chi connectivity index (χ0n) is 12.9. The summed E-state index contributed by atoms with van der Waals surface area (Å²) in [5, 5.41) is 2.88. The smallest absolute Gasteiger partial charge is 0.235 e. The molecule has 0 aromatic heterocycles. The van der Waals surface area contributed by atoms with Crippen LogP contribution < -0.4 is 5.32 Å². The fourth-order valence-corrected chi connectivity index (χ4v) is 2.98. The molecule has 114 valence electrons. The summed E-state index contributed by atoms with van der Waals surface area (Å²) in [6, 6.07) is 7.77. The Morgan fingerprint density at radius 1 is 1.24 bits per heavy atom. The minimum absolute atomic E-state index is 0.0267. The lowest BCUT2D eigenvalue weighted by molar-refractivity contribution is -0.125. The number of carbonyl (C=O) groups excluding carboxylic acids is 2. The molecule has 0 saturated carbocycles. The Labute approximate surface area is 134 Å². The minimum atomic E-state index is -0.762. The van der Waals surface area contributed by atoms with Gasteiger partial charge in [-0.15, -0.1) is 0 Å². The summed E-state index contributed by atoms with van der Waals surface area (Å²) >= 11 is 3.61. The molecular formula is C17H22BrNO2. The molecule has 1 fully saturated rings. The van der Waals surface area contributed by atoms with Crippen LogP contribution in [0.3, 0.4) is 0 Å². The Morgan fingerprint density at radius 2 is 1.81 bits per heavy atom. The predicted molar refractivity (Wildman–Crippen MR) is 87.5 cm³/mol. The van der Waals surface area contributed by atoms with Crippen molar-refractivity contribution in [1.82, 2.24) is 5.32 Å². The Hall–Kier alpha value is -1.16. The molecule has 21 heavy (non-hydrogen) atoms. The van der Waals surface area contributed by atoms with Crippen molar-refractivity contribution in [3.63, 3.8) is 0 Å². The molecular weight excluding hydrogens is 330 g/mol. The Balaban J connectivity index is 2.30. The van der Waals surface area contributed by atoms with E-state index >= 15 is 0 Å². The first-order valence-corrected chi connectivity index (χ1v) is 8.33. The number of amides is 1. The second kappa shape index (κ2) is 5.91. The van der Waals surface area contributed by atoms with Crippen LogP contribution in [-0.2, 0) is 9.59 Å². The molecule has 0 spiro atoms. The molecule has 0 bridgehead atoms. The van der Waals surface area contributed by atoms with Crippen LogP contribution >= 0.6 is 15.9 Å². The largest absolute Gasteiger partial charge is 0.343 e. The molecule has 1 N–H and O–H groups in total. The van der Waals surface area contributed by atoms with Crippen LogP contribution in [0.25, 0.3) is 0 Å². The van der Waals surface area contributed by atoms with Gasteiger partial charge in [0.15, 0.2) is 5.78 Å². The summed E-state index contributed by atoms with van der Waals surface area (Å²) < 4.78 is 0. The van der Waals surface area contributed by atoms with Gasteiger partial charge in [0.1, 0.15) is 5.92 Å². The summed E-state index contributed by atoms with van der Waals surface area (Å²) in [4.78, 5) is 25.2. The van der Waals surface area contributed by atoms with E-state index in [-0.39, 0.29) is 17.6 Å². The molecule has 1 aromatic rings. The predicted octanol–water partition coefficient (Wildman–Crippen LogP) is 3.73. The highest BCUT2D eigenvalue weighted by Gasteiger charge is 2.51. The van der Waals surface area contributed by atoms with Crippen molar-refractivity contribution < 1.29 is 9.59 Å². The van der Waals surface area contributed by atoms with Crippen LogP contribution in [0.15, 0.2) is 24.3 Å². The SMILES string of the molecule is CCC(Br)c1ccc(C2C(=O)NC(C)(C(C)C)C2=O)cc1. The molecule has 4 heteroatoms. The van der Waals surface area contributed by atoms with Crippen molar-refractivity contribution in [3.05, 3.63) is 35.4 Å². The number of nitrogens with one attached hydrogen (secondary N) is 1. The van der Waals surface area contributed by atoms with Gasteiger partial charge in [0.25, 0.3) is 0 Å². The van der Waals surface area contributed by atoms with Gasteiger partial charge in [0, 0.05) is 4.83 Å². The monoisotopic (exact) mass is 351 g/mol. The number of benzene rings is 1. The average molecular weight is 352 g/mol. The Morgan fingerprint density at radius 3 is 2.24 bits per heavy atom. The van der Waals surface area contributed by atoms with Gasteiger partial charge in [-0.2, -0.15) is 0 Å². The fourth-order valence-electron chi connectivity index (χ4n) is 2.67. The van der Waals surface area contributed by atoms with Gasteiger partial charge in [-0.3, -0.25) is 9.59 Å². The van der Waals surface area contributed by atoms with E-state index in [0.717, 1.165) is 12.0 Å². The number of Topliss-reactive ketones (excluding diaryl/α,β-unsaturated/α-hetero) is 1. The first-order valence-electron chi connectivity index (χ1n) is 7.41. The second-order valence-corrected chi connectivity index (χ2v) is 7.29. The highest BCUT2D eigenvalue weighted by atomic mass is 79.9. The highest BCUT2D eigenvalue weighted by molar-refractivity contribution is 9.09. The van der Waals surface area contributed by atoms with Crippen LogP contribution in [-0.4, -0.2) is 17.2 Å². The van der Waals surface area contributed by atoms with Crippen LogP contribution in [0.1, 0.15) is 56.0 Å². The Kier molecular flexibility index (Phi) is 4.57. The molecule has 3 unspecified atom stereocenters. The molecule has 3 atom stereocenters. The third-order valence-electron chi connectivity index (χ3n) is 4.56. The van der Waals surface area contributed by atoms with Gasteiger partial charge in [0.05, 0.1) is 5.54 Å². The lowest BCUT2D eigenvalue weighted by Crippen LogP contribution is -2.48. The van der Waals surface area contributed by atoms with E-state index in [1.165, 1.54) is 5.56 Å². The van der Waals surface area contributed by atoms with Crippen LogP contribution in [0.4, 0.5) is 0 Å². The number of halogens is 1. The standard InChI is InChI=1S/C17H22BrNO2/c1-5-13(18)11-6-8-12(9-7-11)14-15(20)17(4,10(2)3)19-16(14)21/h6-10,13-14H,5H2,1-4H3,(H,19,21). The van der Waals surface area contributed by atoms with Crippen LogP contribution in [0, 0.1) is 5.92 Å². The molecule has 1 aromatic carbocycles. The summed E-state index contributed by atoms with van der Waals surface area (Å²) in [7, 11) is 0. The maximum absolute atomic E-state index is 12.7. The molecule has 1 amide bonds. The molecule has 3 nitrogen and oxygen atoms in total. The molecule has 2 rings (SSSR count). The van der Waals surface area contributed by atoms with Crippen LogP contribution in [0.5, 0.6) is 0 Å². The van der Waals surface area contributed by atoms with Gasteiger partial charge >= 0.3 is 0 Å². The molecule has 1 aliphatic heterocycles. The quantitative estimate of drug-likeness (QED) is 0.663. The number of rotatable bonds is 4. The number of carbonyl (C=O) groups is 2. The van der Waals surface area contributed by atoms with E-state index in [2.05, 4.69) is 28.2 Å². The van der Waals surface area contributed by atoms with E-state index in [1.54, 1.807) is 0 Å². The first-order chi connectivity index (χ1) is 9.81. The van der Waals surface area contributed by atoms with Crippen molar-refractivity contribution in [2.75, 3.05) is 0 Å². The lowest BCUT2D eigenvalue weighted by atomic mass is 9.81. The molecule has 0 radical (unpaired) electrons. The summed E-state index contributed by atoms with van der Waals surface area (Å²) in [5.41, 5.74) is 1.18. The number of ketones is 1. The normalized spacial score (nSPS) is 27.0. The zero-order valence-corrected chi connectivity index (χ0v) is 14.5. The van der Waals surface area contributed by atoms with Crippen molar-refractivity contribution in [2.45, 2.75) is 50.4 Å². The second-order valence-electron chi connectivity index (χ2n) is 6.19. The van der Waals surface area contributed by atoms with E-state index in [1.807, 2.05) is 45.0 Å². The first kappa shape index (κ1) is 16.2.